The predicted octanol–water partition coefficient (Wildman–Crippen LogP) is 1.80. The number of nitrogens with zero attached hydrogens (tertiary/aromatic N) is 5. The molecule has 1 atom stereocenters. The second-order valence-corrected chi connectivity index (χ2v) is 6.07. The molecule has 1 aliphatic rings. The third-order valence-corrected chi connectivity index (χ3v) is 4.27. The first-order valence-electron chi connectivity index (χ1n) is 8.08. The van der Waals surface area contributed by atoms with Gasteiger partial charge in [-0.05, 0) is 31.9 Å². The third-order valence-electron chi connectivity index (χ3n) is 4.27. The van der Waals surface area contributed by atoms with E-state index in [-0.39, 0.29) is 0 Å². The topological polar surface area (TPSA) is 69.8 Å². The Morgan fingerprint density at radius 2 is 2.22 bits per heavy atom. The number of hydrogen-bond acceptors (Lipinski definition) is 5. The number of aromatic nitrogens is 3. The van der Waals surface area contributed by atoms with Gasteiger partial charge >= 0.3 is 0 Å². The first kappa shape index (κ1) is 15.5. The Balaban J connectivity index is 1.51. The van der Waals surface area contributed by atoms with E-state index in [1.54, 1.807) is 6.20 Å². The third kappa shape index (κ3) is 3.88. The maximum Gasteiger partial charge on any atom is 0.146 e. The monoisotopic (exact) mass is 310 g/mol. The Bertz CT molecular complexity index is 652. The number of anilines is 1. The highest BCUT2D eigenvalue weighted by Gasteiger charge is 2.22. The molecule has 0 amide bonds. The molecule has 3 rings (SSSR count). The number of pyridine rings is 1. The minimum Gasteiger partial charge on any atom is -0.355 e. The van der Waals surface area contributed by atoms with Crippen LogP contribution in [0.25, 0.3) is 0 Å². The van der Waals surface area contributed by atoms with Crippen LogP contribution in [0.5, 0.6) is 0 Å². The van der Waals surface area contributed by atoms with Crippen molar-refractivity contribution in [3.63, 3.8) is 0 Å². The van der Waals surface area contributed by atoms with Gasteiger partial charge in [0.05, 0.1) is 11.9 Å². The van der Waals surface area contributed by atoms with Crippen LogP contribution in [0.4, 0.5) is 5.82 Å². The highest BCUT2D eigenvalue weighted by atomic mass is 15.2. The lowest BCUT2D eigenvalue weighted by Crippen LogP contribution is -2.46. The fourth-order valence-corrected chi connectivity index (χ4v) is 3.16. The largest absolute Gasteiger partial charge is 0.355 e. The van der Waals surface area contributed by atoms with Gasteiger partial charge in [0.2, 0.25) is 0 Å². The number of rotatable bonds is 5. The van der Waals surface area contributed by atoms with Crippen molar-refractivity contribution in [2.45, 2.75) is 38.4 Å². The molecule has 1 saturated heterocycles. The molecule has 1 unspecified atom stereocenters. The molecular weight excluding hydrogens is 288 g/mol. The Morgan fingerprint density at radius 1 is 1.39 bits per heavy atom. The Kier molecular flexibility index (Phi) is 4.89. The van der Waals surface area contributed by atoms with Crippen LogP contribution < -0.4 is 10.2 Å². The first-order valence-corrected chi connectivity index (χ1v) is 8.08. The van der Waals surface area contributed by atoms with Crippen LogP contribution in [0.1, 0.15) is 25.3 Å². The van der Waals surface area contributed by atoms with Crippen molar-refractivity contribution in [1.82, 2.24) is 19.9 Å². The maximum absolute atomic E-state index is 9.21. The zero-order valence-corrected chi connectivity index (χ0v) is 13.4. The molecule has 1 aliphatic heterocycles. The number of piperidine rings is 1. The molecule has 0 bridgehead atoms. The van der Waals surface area contributed by atoms with E-state index in [0.29, 0.717) is 17.6 Å². The Hall–Kier alpha value is -2.39. The lowest BCUT2D eigenvalue weighted by Gasteiger charge is -2.35. The van der Waals surface area contributed by atoms with Gasteiger partial charge in [-0.3, -0.25) is 0 Å². The number of nitriles is 1. The van der Waals surface area contributed by atoms with Crippen molar-refractivity contribution in [1.29, 1.82) is 5.26 Å². The van der Waals surface area contributed by atoms with Gasteiger partial charge in [-0.2, -0.15) is 5.26 Å². The molecule has 0 saturated carbocycles. The molecule has 0 aromatic carbocycles. The maximum atomic E-state index is 9.21. The van der Waals surface area contributed by atoms with Crippen molar-refractivity contribution < 1.29 is 0 Å². The van der Waals surface area contributed by atoms with Gasteiger partial charge < -0.3 is 14.8 Å². The van der Waals surface area contributed by atoms with Crippen molar-refractivity contribution in [3.8, 4) is 6.07 Å². The summed E-state index contributed by atoms with van der Waals surface area (Å²) in [6.45, 7) is 5.00. The van der Waals surface area contributed by atoms with E-state index >= 15 is 0 Å². The van der Waals surface area contributed by atoms with Crippen molar-refractivity contribution in [2.24, 2.45) is 0 Å². The number of hydrogen-bond donors (Lipinski definition) is 1. The normalized spacial score (nSPS) is 17.0. The minimum atomic E-state index is 0.408. The predicted molar refractivity (Wildman–Crippen MR) is 89.0 cm³/mol. The zero-order valence-electron chi connectivity index (χ0n) is 13.4. The minimum absolute atomic E-state index is 0.408. The fraction of sp³-hybridized carbons (Fsp3) is 0.471. The van der Waals surface area contributed by atoms with Crippen LogP contribution in [0.15, 0.2) is 37.1 Å². The van der Waals surface area contributed by atoms with Crippen LogP contribution in [-0.4, -0.2) is 39.7 Å². The van der Waals surface area contributed by atoms with Crippen molar-refractivity contribution in [3.05, 3.63) is 42.6 Å². The Morgan fingerprint density at radius 3 is 2.91 bits per heavy atom. The molecule has 6 heteroatoms. The van der Waals surface area contributed by atoms with Gasteiger partial charge in [0.25, 0.3) is 0 Å². The van der Waals surface area contributed by atoms with E-state index < -0.39 is 0 Å². The second kappa shape index (κ2) is 7.25. The van der Waals surface area contributed by atoms with Crippen LogP contribution in [-0.2, 0) is 6.54 Å². The summed E-state index contributed by atoms with van der Waals surface area (Å²) in [5.41, 5.74) is 0.660. The molecular formula is C17H22N6. The van der Waals surface area contributed by atoms with Gasteiger partial charge in [-0.25, -0.2) is 9.97 Å². The van der Waals surface area contributed by atoms with E-state index in [9.17, 15) is 5.26 Å². The molecule has 1 N–H and O–H groups in total. The Labute approximate surface area is 136 Å². The van der Waals surface area contributed by atoms with Gasteiger partial charge in [0.15, 0.2) is 0 Å². The van der Waals surface area contributed by atoms with Crippen LogP contribution in [0.3, 0.4) is 0 Å². The van der Waals surface area contributed by atoms with Crippen LogP contribution in [0, 0.1) is 11.3 Å². The van der Waals surface area contributed by atoms with E-state index in [2.05, 4.69) is 37.7 Å². The van der Waals surface area contributed by atoms with E-state index in [1.807, 2.05) is 30.9 Å². The quantitative estimate of drug-likeness (QED) is 0.912. The molecule has 1 fully saturated rings. The van der Waals surface area contributed by atoms with Crippen LogP contribution in [0.2, 0.25) is 0 Å². The van der Waals surface area contributed by atoms with Gasteiger partial charge in [0.1, 0.15) is 11.9 Å². The first-order chi connectivity index (χ1) is 11.3. The summed E-state index contributed by atoms with van der Waals surface area (Å²) in [6, 6.07) is 6.80. The van der Waals surface area contributed by atoms with E-state index in [1.165, 1.54) is 0 Å². The number of nitrogens with one attached hydrogen (secondary N) is 1. The molecule has 2 aromatic heterocycles. The summed E-state index contributed by atoms with van der Waals surface area (Å²) in [7, 11) is 0. The average molecular weight is 310 g/mol. The highest BCUT2D eigenvalue weighted by molar-refractivity contribution is 5.53. The van der Waals surface area contributed by atoms with E-state index in [4.69, 9.17) is 0 Å². The zero-order chi connectivity index (χ0) is 16.1. The average Bonchev–Trinajstić information content (AvgIpc) is 3.08. The summed E-state index contributed by atoms with van der Waals surface area (Å²) < 4.78 is 2.10. The lowest BCUT2D eigenvalue weighted by atomic mass is 10.0. The van der Waals surface area contributed by atoms with Crippen molar-refractivity contribution in [2.75, 3.05) is 18.0 Å². The molecule has 120 valence electrons. The molecule has 2 aromatic rings. The van der Waals surface area contributed by atoms with Gasteiger partial charge in [-0.1, -0.05) is 0 Å². The summed E-state index contributed by atoms with van der Waals surface area (Å²) in [4.78, 5) is 10.7. The molecule has 6 nitrogen and oxygen atoms in total. The standard InChI is InChI=1S/C17H22N6/c1-14(12-22-10-7-19-13-22)21-16-4-8-23(9-5-16)17-15(11-18)3-2-6-20-17/h2-3,6-7,10,13-14,16,21H,4-5,8-9,12H2,1H3. The van der Waals surface area contributed by atoms with Crippen LogP contribution >= 0.6 is 0 Å². The SMILES string of the molecule is CC(Cn1ccnc1)NC1CCN(c2ncccc2C#N)CC1. The summed E-state index contributed by atoms with van der Waals surface area (Å²) in [6.07, 6.45) is 9.54. The summed E-state index contributed by atoms with van der Waals surface area (Å²) in [5, 5.41) is 12.9. The molecule has 0 aliphatic carbocycles. The van der Waals surface area contributed by atoms with E-state index in [0.717, 1.165) is 38.3 Å². The molecule has 0 radical (unpaired) electrons. The number of imidazole rings is 1. The molecule has 3 heterocycles. The fourth-order valence-electron chi connectivity index (χ4n) is 3.16. The second-order valence-electron chi connectivity index (χ2n) is 6.07. The summed E-state index contributed by atoms with van der Waals surface area (Å²) >= 11 is 0. The lowest BCUT2D eigenvalue weighted by molar-refractivity contribution is 0.355. The smallest absolute Gasteiger partial charge is 0.146 e. The van der Waals surface area contributed by atoms with Gasteiger partial charge in [0, 0.05) is 50.3 Å². The van der Waals surface area contributed by atoms with Gasteiger partial charge in [-0.15, -0.1) is 0 Å². The molecule has 0 spiro atoms. The highest BCUT2D eigenvalue weighted by Crippen LogP contribution is 2.21. The molecule has 23 heavy (non-hydrogen) atoms. The summed E-state index contributed by atoms with van der Waals surface area (Å²) in [5.74, 6) is 0.819. The van der Waals surface area contributed by atoms with Crippen molar-refractivity contribution >= 4 is 5.82 Å².